The van der Waals surface area contributed by atoms with Gasteiger partial charge >= 0.3 is 0 Å². The zero-order chi connectivity index (χ0) is 15.0. The van der Waals surface area contributed by atoms with Gasteiger partial charge in [0.15, 0.2) is 11.6 Å². The SMILES string of the molecule is Cc1c(F)c(F)c(Oc2ccc(I)cc2I)c(F)c1F. The van der Waals surface area contributed by atoms with E-state index in [4.69, 9.17) is 4.74 Å². The molecule has 20 heavy (non-hydrogen) atoms. The molecule has 0 unspecified atom stereocenters. The zero-order valence-corrected chi connectivity index (χ0v) is 14.2. The summed E-state index contributed by atoms with van der Waals surface area (Å²) in [4.78, 5) is 0. The van der Waals surface area contributed by atoms with Crippen molar-refractivity contribution in [1.82, 2.24) is 0 Å². The van der Waals surface area contributed by atoms with Crippen molar-refractivity contribution in [2.75, 3.05) is 0 Å². The zero-order valence-electron chi connectivity index (χ0n) is 9.91. The first-order chi connectivity index (χ1) is 9.32. The smallest absolute Gasteiger partial charge is 0.204 e. The second kappa shape index (κ2) is 6.04. The summed E-state index contributed by atoms with van der Waals surface area (Å²) in [7, 11) is 0. The van der Waals surface area contributed by atoms with Gasteiger partial charge in [-0.2, -0.15) is 8.78 Å². The molecular formula is C13H6F4I2O. The lowest BCUT2D eigenvalue weighted by Gasteiger charge is -2.12. The molecule has 0 spiro atoms. The number of halogens is 6. The second-order valence-corrected chi connectivity index (χ2v) is 6.29. The first kappa shape index (κ1) is 15.8. The number of hydrogen-bond donors (Lipinski definition) is 0. The Morgan fingerprint density at radius 1 is 0.900 bits per heavy atom. The van der Waals surface area contributed by atoms with Crippen molar-refractivity contribution < 1.29 is 22.3 Å². The minimum absolute atomic E-state index is 0.117. The van der Waals surface area contributed by atoms with Gasteiger partial charge in [0.2, 0.25) is 17.4 Å². The summed E-state index contributed by atoms with van der Waals surface area (Å²) in [6.45, 7) is 0.954. The summed E-state index contributed by atoms with van der Waals surface area (Å²) in [5.74, 6) is -6.97. The molecule has 0 fully saturated rings. The monoisotopic (exact) mass is 508 g/mol. The first-order valence-electron chi connectivity index (χ1n) is 5.28. The highest BCUT2D eigenvalue weighted by Crippen LogP contribution is 2.35. The number of hydrogen-bond acceptors (Lipinski definition) is 1. The third kappa shape index (κ3) is 2.87. The number of benzene rings is 2. The summed E-state index contributed by atoms with van der Waals surface area (Å²) < 4.78 is 60.7. The van der Waals surface area contributed by atoms with E-state index in [1.54, 1.807) is 12.1 Å². The summed E-state index contributed by atoms with van der Waals surface area (Å²) in [6, 6.07) is 4.82. The van der Waals surface area contributed by atoms with Gasteiger partial charge in [-0.3, -0.25) is 0 Å². The largest absolute Gasteiger partial charge is 0.450 e. The van der Waals surface area contributed by atoms with Gasteiger partial charge in [-0.15, -0.1) is 0 Å². The lowest BCUT2D eigenvalue weighted by molar-refractivity contribution is 0.361. The van der Waals surface area contributed by atoms with Crippen LogP contribution in [0, 0.1) is 37.3 Å². The summed E-state index contributed by atoms with van der Waals surface area (Å²) >= 11 is 3.95. The molecule has 0 N–H and O–H groups in total. The molecule has 2 aromatic rings. The van der Waals surface area contributed by atoms with Crippen LogP contribution < -0.4 is 4.74 Å². The van der Waals surface area contributed by atoms with Crippen molar-refractivity contribution in [2.45, 2.75) is 6.92 Å². The molecule has 0 atom stereocenters. The Morgan fingerprint density at radius 3 is 1.95 bits per heavy atom. The van der Waals surface area contributed by atoms with E-state index < -0.39 is 34.6 Å². The summed E-state index contributed by atoms with van der Waals surface area (Å²) in [5, 5.41) is 0. The van der Waals surface area contributed by atoms with Gasteiger partial charge in [0, 0.05) is 9.13 Å². The average molecular weight is 508 g/mol. The van der Waals surface area contributed by atoms with Gasteiger partial charge in [-0.25, -0.2) is 8.78 Å². The van der Waals surface area contributed by atoms with E-state index in [-0.39, 0.29) is 5.75 Å². The average Bonchev–Trinajstić information content (AvgIpc) is 2.41. The summed E-state index contributed by atoms with van der Waals surface area (Å²) in [5.41, 5.74) is -0.718. The standard InChI is InChI=1S/C13H6F4I2O/c1-5-9(14)11(16)13(12(17)10(5)15)20-8-3-2-6(18)4-7(8)19/h2-4H,1H3. The summed E-state index contributed by atoms with van der Waals surface area (Å²) in [6.07, 6.45) is 0. The fourth-order valence-electron chi connectivity index (χ4n) is 1.48. The Balaban J connectivity index is 2.54. The lowest BCUT2D eigenvalue weighted by Crippen LogP contribution is -2.03. The second-order valence-electron chi connectivity index (χ2n) is 3.89. The van der Waals surface area contributed by atoms with Gasteiger partial charge in [0.1, 0.15) is 5.75 Å². The van der Waals surface area contributed by atoms with Gasteiger partial charge < -0.3 is 4.74 Å². The van der Waals surface area contributed by atoms with Crippen molar-refractivity contribution >= 4 is 45.2 Å². The Kier molecular flexibility index (Phi) is 4.77. The molecule has 0 radical (unpaired) electrons. The predicted molar refractivity (Wildman–Crippen MR) is 83.0 cm³/mol. The van der Waals surface area contributed by atoms with Crippen LogP contribution in [0.5, 0.6) is 11.5 Å². The van der Waals surface area contributed by atoms with E-state index in [9.17, 15) is 17.6 Å². The van der Waals surface area contributed by atoms with E-state index in [0.29, 0.717) is 3.57 Å². The highest BCUT2D eigenvalue weighted by Gasteiger charge is 2.25. The van der Waals surface area contributed by atoms with Crippen molar-refractivity contribution in [3.05, 3.63) is 54.2 Å². The predicted octanol–water partition coefficient (Wildman–Crippen LogP) is 5.55. The molecule has 2 aromatic carbocycles. The Labute approximate surface area is 139 Å². The van der Waals surface area contributed by atoms with Gasteiger partial charge in [-0.1, -0.05) is 0 Å². The number of ether oxygens (including phenoxy) is 1. The molecule has 0 aliphatic heterocycles. The molecule has 0 amide bonds. The fourth-order valence-corrected chi connectivity index (χ4v) is 3.19. The highest BCUT2D eigenvalue weighted by molar-refractivity contribution is 14.1. The molecule has 1 nitrogen and oxygen atoms in total. The molecule has 7 heteroatoms. The number of rotatable bonds is 2. The third-order valence-corrected chi connectivity index (χ3v) is 4.06. The van der Waals surface area contributed by atoms with Crippen LogP contribution in [0.3, 0.4) is 0 Å². The third-order valence-electron chi connectivity index (χ3n) is 2.55. The molecule has 0 aliphatic carbocycles. The van der Waals surface area contributed by atoms with Crippen LogP contribution in [0.15, 0.2) is 18.2 Å². The van der Waals surface area contributed by atoms with E-state index in [1.165, 1.54) is 6.07 Å². The topological polar surface area (TPSA) is 9.23 Å². The Bertz CT molecular complexity index is 660. The molecule has 0 aliphatic rings. The van der Waals surface area contributed by atoms with Gasteiger partial charge in [0.05, 0.1) is 3.57 Å². The highest BCUT2D eigenvalue weighted by atomic mass is 127. The van der Waals surface area contributed by atoms with Crippen molar-refractivity contribution in [2.24, 2.45) is 0 Å². The van der Waals surface area contributed by atoms with E-state index in [0.717, 1.165) is 10.5 Å². The van der Waals surface area contributed by atoms with Crippen LogP contribution in [-0.4, -0.2) is 0 Å². The molecule has 0 bridgehead atoms. The molecule has 106 valence electrons. The van der Waals surface area contributed by atoms with Gasteiger partial charge in [0.25, 0.3) is 0 Å². The maximum absolute atomic E-state index is 13.7. The fraction of sp³-hybridized carbons (Fsp3) is 0.0769. The molecule has 0 heterocycles. The Hall–Kier alpha value is -0.580. The minimum atomic E-state index is -1.55. The molecular weight excluding hydrogens is 502 g/mol. The van der Waals surface area contributed by atoms with Crippen molar-refractivity contribution in [3.63, 3.8) is 0 Å². The van der Waals surface area contributed by atoms with Crippen LogP contribution in [0.2, 0.25) is 0 Å². The molecule has 0 saturated carbocycles. The van der Waals surface area contributed by atoms with Crippen LogP contribution in [0.25, 0.3) is 0 Å². The van der Waals surface area contributed by atoms with Crippen molar-refractivity contribution in [3.8, 4) is 11.5 Å². The normalized spacial score (nSPS) is 10.8. The van der Waals surface area contributed by atoms with Gasteiger partial charge in [-0.05, 0) is 70.3 Å². The maximum atomic E-state index is 13.7. The van der Waals surface area contributed by atoms with Crippen LogP contribution in [-0.2, 0) is 0 Å². The van der Waals surface area contributed by atoms with Crippen LogP contribution >= 0.6 is 45.2 Å². The van der Waals surface area contributed by atoms with E-state index >= 15 is 0 Å². The van der Waals surface area contributed by atoms with E-state index in [2.05, 4.69) is 22.6 Å². The van der Waals surface area contributed by atoms with Crippen LogP contribution in [0.4, 0.5) is 17.6 Å². The quantitative estimate of drug-likeness (QED) is 0.294. The lowest BCUT2D eigenvalue weighted by atomic mass is 10.2. The molecule has 0 saturated heterocycles. The van der Waals surface area contributed by atoms with Crippen LogP contribution in [0.1, 0.15) is 5.56 Å². The Morgan fingerprint density at radius 2 is 1.45 bits per heavy atom. The van der Waals surface area contributed by atoms with E-state index in [1.807, 2.05) is 22.6 Å². The maximum Gasteiger partial charge on any atom is 0.204 e. The molecule has 2 rings (SSSR count). The first-order valence-corrected chi connectivity index (χ1v) is 7.44. The molecule has 0 aromatic heterocycles. The van der Waals surface area contributed by atoms with Crippen molar-refractivity contribution in [1.29, 1.82) is 0 Å². The minimum Gasteiger partial charge on any atom is -0.450 e.